The molecule has 4 rings (SSSR count). The van der Waals surface area contributed by atoms with E-state index >= 15 is 0 Å². The van der Waals surface area contributed by atoms with E-state index in [0.29, 0.717) is 12.0 Å². The first-order chi connectivity index (χ1) is 8.25. The highest BCUT2D eigenvalue weighted by Gasteiger charge is 2.53. The fraction of sp³-hybridized carbons (Fsp3) is 0.929. The zero-order valence-corrected chi connectivity index (χ0v) is 10.4. The van der Waals surface area contributed by atoms with Crippen LogP contribution in [0.2, 0.25) is 0 Å². The number of hydrogen-bond donors (Lipinski definition) is 2. The third kappa shape index (κ3) is 1.88. The standard InChI is InChI=1S/C14H22N2O/c15-1-2-16-13(9-17)14-6-10-3-11(7-14)5-12(4-10)8-14/h10-13,16-17H,2-9H2. The summed E-state index contributed by atoms with van der Waals surface area (Å²) in [5, 5.41) is 21.6. The van der Waals surface area contributed by atoms with Crippen LogP contribution in [0.3, 0.4) is 0 Å². The van der Waals surface area contributed by atoms with Crippen LogP contribution in [-0.2, 0) is 0 Å². The molecule has 0 amide bonds. The molecule has 0 radical (unpaired) electrons. The Morgan fingerprint density at radius 2 is 1.71 bits per heavy atom. The first-order valence-corrected chi connectivity index (χ1v) is 6.97. The zero-order valence-electron chi connectivity index (χ0n) is 10.4. The highest BCUT2D eigenvalue weighted by atomic mass is 16.3. The number of nitrogens with zero attached hydrogens (tertiary/aromatic N) is 1. The van der Waals surface area contributed by atoms with Crippen LogP contribution in [0.1, 0.15) is 38.5 Å². The maximum absolute atomic E-state index is 9.64. The lowest BCUT2D eigenvalue weighted by atomic mass is 9.48. The summed E-state index contributed by atoms with van der Waals surface area (Å²) in [6.45, 7) is 0.556. The summed E-state index contributed by atoms with van der Waals surface area (Å²) in [7, 11) is 0. The van der Waals surface area contributed by atoms with Gasteiger partial charge in [-0.25, -0.2) is 0 Å². The van der Waals surface area contributed by atoms with Gasteiger partial charge in [0.05, 0.1) is 19.2 Å². The lowest BCUT2D eigenvalue weighted by molar-refractivity contribution is -0.0817. The molecule has 4 saturated carbocycles. The van der Waals surface area contributed by atoms with Gasteiger partial charge in [0.2, 0.25) is 0 Å². The van der Waals surface area contributed by atoms with Gasteiger partial charge in [0.15, 0.2) is 0 Å². The minimum Gasteiger partial charge on any atom is -0.395 e. The van der Waals surface area contributed by atoms with Crippen LogP contribution >= 0.6 is 0 Å². The second-order valence-electron chi connectivity index (χ2n) is 6.55. The van der Waals surface area contributed by atoms with E-state index < -0.39 is 0 Å². The van der Waals surface area contributed by atoms with Crippen molar-refractivity contribution in [3.05, 3.63) is 0 Å². The van der Waals surface area contributed by atoms with Gasteiger partial charge in [0.1, 0.15) is 0 Å². The average molecular weight is 234 g/mol. The number of rotatable bonds is 4. The Balaban J connectivity index is 1.78. The first kappa shape index (κ1) is 11.5. The molecular formula is C14H22N2O. The Bertz CT molecular complexity index is 298. The van der Waals surface area contributed by atoms with Gasteiger partial charge in [-0.05, 0) is 61.7 Å². The van der Waals surface area contributed by atoms with Gasteiger partial charge >= 0.3 is 0 Å². The van der Waals surface area contributed by atoms with E-state index in [-0.39, 0.29) is 12.6 Å². The summed E-state index contributed by atoms with van der Waals surface area (Å²) in [6, 6.07) is 2.29. The number of nitrogens with one attached hydrogen (secondary N) is 1. The van der Waals surface area contributed by atoms with E-state index in [2.05, 4.69) is 11.4 Å². The van der Waals surface area contributed by atoms with Gasteiger partial charge in [0, 0.05) is 6.04 Å². The zero-order chi connectivity index (χ0) is 11.9. The largest absolute Gasteiger partial charge is 0.395 e. The maximum atomic E-state index is 9.64. The topological polar surface area (TPSA) is 56.0 Å². The molecule has 0 aromatic heterocycles. The minimum absolute atomic E-state index is 0.149. The smallest absolute Gasteiger partial charge is 0.0844 e. The van der Waals surface area contributed by atoms with E-state index in [9.17, 15) is 5.11 Å². The minimum atomic E-state index is 0.149. The van der Waals surface area contributed by atoms with Crippen LogP contribution in [0.5, 0.6) is 0 Å². The van der Waals surface area contributed by atoms with Crippen molar-refractivity contribution in [3.8, 4) is 6.07 Å². The molecule has 4 aliphatic rings. The monoisotopic (exact) mass is 234 g/mol. The van der Waals surface area contributed by atoms with Crippen molar-refractivity contribution in [2.75, 3.05) is 13.2 Å². The highest BCUT2D eigenvalue weighted by molar-refractivity contribution is 5.06. The molecule has 1 unspecified atom stereocenters. The number of hydrogen-bond acceptors (Lipinski definition) is 3. The van der Waals surface area contributed by atoms with Gasteiger partial charge < -0.3 is 5.11 Å². The second-order valence-corrected chi connectivity index (χ2v) is 6.55. The fourth-order valence-electron chi connectivity index (χ4n) is 5.25. The van der Waals surface area contributed by atoms with Crippen LogP contribution < -0.4 is 5.32 Å². The molecule has 4 aliphatic carbocycles. The van der Waals surface area contributed by atoms with Crippen molar-refractivity contribution in [1.29, 1.82) is 5.26 Å². The Labute approximate surface area is 103 Å². The summed E-state index contributed by atoms with van der Waals surface area (Å²) in [5.41, 5.74) is 0.306. The van der Waals surface area contributed by atoms with Gasteiger partial charge in [-0.3, -0.25) is 5.32 Å². The predicted octanol–water partition coefficient (Wildman–Crippen LogP) is 1.68. The number of nitriles is 1. The molecule has 0 aromatic rings. The quantitative estimate of drug-likeness (QED) is 0.728. The third-order valence-electron chi connectivity index (χ3n) is 5.43. The summed E-state index contributed by atoms with van der Waals surface area (Å²) >= 11 is 0. The van der Waals surface area contributed by atoms with E-state index in [4.69, 9.17) is 5.26 Å². The van der Waals surface area contributed by atoms with Gasteiger partial charge in [-0.2, -0.15) is 5.26 Å². The number of aliphatic hydroxyl groups is 1. The van der Waals surface area contributed by atoms with Crippen LogP contribution in [-0.4, -0.2) is 24.3 Å². The van der Waals surface area contributed by atoms with Crippen LogP contribution in [0.15, 0.2) is 0 Å². The molecule has 4 bridgehead atoms. The Morgan fingerprint density at radius 3 is 2.12 bits per heavy atom. The van der Waals surface area contributed by atoms with Gasteiger partial charge in [0.25, 0.3) is 0 Å². The third-order valence-corrected chi connectivity index (χ3v) is 5.43. The predicted molar refractivity (Wildman–Crippen MR) is 65.1 cm³/mol. The van der Waals surface area contributed by atoms with E-state index in [0.717, 1.165) is 17.8 Å². The molecule has 3 heteroatoms. The molecule has 3 nitrogen and oxygen atoms in total. The SMILES string of the molecule is N#CCNC(CO)C12CC3CC(CC(C3)C1)C2. The van der Waals surface area contributed by atoms with Crippen molar-refractivity contribution in [3.63, 3.8) is 0 Å². The fourth-order valence-corrected chi connectivity index (χ4v) is 5.25. The maximum Gasteiger partial charge on any atom is 0.0844 e. The first-order valence-electron chi connectivity index (χ1n) is 6.97. The van der Waals surface area contributed by atoms with Crippen molar-refractivity contribution < 1.29 is 5.11 Å². The van der Waals surface area contributed by atoms with Crippen molar-refractivity contribution in [2.24, 2.45) is 23.2 Å². The van der Waals surface area contributed by atoms with Crippen LogP contribution in [0.25, 0.3) is 0 Å². The molecule has 2 N–H and O–H groups in total. The van der Waals surface area contributed by atoms with Crippen molar-refractivity contribution >= 4 is 0 Å². The molecule has 94 valence electrons. The Morgan fingerprint density at radius 1 is 1.18 bits per heavy atom. The molecule has 4 fully saturated rings. The van der Waals surface area contributed by atoms with Gasteiger partial charge in [-0.1, -0.05) is 0 Å². The lowest BCUT2D eigenvalue weighted by Crippen LogP contribution is -2.57. The lowest BCUT2D eigenvalue weighted by Gasteiger charge is -2.59. The van der Waals surface area contributed by atoms with Crippen LogP contribution in [0, 0.1) is 34.5 Å². The molecular weight excluding hydrogens is 212 g/mol. The normalized spacial score (nSPS) is 44.6. The Kier molecular flexibility index (Phi) is 2.88. The summed E-state index contributed by atoms with van der Waals surface area (Å²) in [4.78, 5) is 0. The highest BCUT2D eigenvalue weighted by Crippen LogP contribution is 2.61. The van der Waals surface area contributed by atoms with E-state index in [1.54, 1.807) is 0 Å². The van der Waals surface area contributed by atoms with Crippen molar-refractivity contribution in [1.82, 2.24) is 5.32 Å². The molecule has 0 aromatic carbocycles. The van der Waals surface area contributed by atoms with Gasteiger partial charge in [-0.15, -0.1) is 0 Å². The summed E-state index contributed by atoms with van der Waals surface area (Å²) in [5.74, 6) is 2.71. The van der Waals surface area contributed by atoms with E-state index in [1.165, 1.54) is 38.5 Å². The summed E-state index contributed by atoms with van der Waals surface area (Å²) < 4.78 is 0. The average Bonchev–Trinajstić information content (AvgIpc) is 2.27. The number of aliphatic hydroxyl groups excluding tert-OH is 1. The second kappa shape index (κ2) is 4.26. The molecule has 0 heterocycles. The molecule has 0 spiro atoms. The molecule has 1 atom stereocenters. The molecule has 0 saturated heterocycles. The summed E-state index contributed by atoms with van der Waals surface area (Å²) in [6.07, 6.45) is 8.12. The Hall–Kier alpha value is -0.590. The van der Waals surface area contributed by atoms with Crippen molar-refractivity contribution in [2.45, 2.75) is 44.6 Å². The van der Waals surface area contributed by atoms with E-state index in [1.807, 2.05) is 0 Å². The molecule has 17 heavy (non-hydrogen) atoms. The van der Waals surface area contributed by atoms with Crippen LogP contribution in [0.4, 0.5) is 0 Å². The molecule has 0 aliphatic heterocycles.